The van der Waals surface area contributed by atoms with Gasteiger partial charge in [-0.2, -0.15) is 15.6 Å². The SMILES string of the molecule is Cc1c(C#N)c(=O)c(C(=O)NC2CCc3ccc(C#N)cc3NC2=O)nn1-c1ccc(F)cc1. The van der Waals surface area contributed by atoms with Crippen molar-refractivity contribution in [1.82, 2.24) is 15.1 Å². The molecule has 4 rings (SSSR count). The van der Waals surface area contributed by atoms with Crippen LogP contribution in [0.15, 0.2) is 47.3 Å². The third-order valence-corrected chi connectivity index (χ3v) is 5.54. The van der Waals surface area contributed by atoms with E-state index in [2.05, 4.69) is 15.7 Å². The molecule has 10 heteroatoms. The van der Waals surface area contributed by atoms with E-state index >= 15 is 0 Å². The first kappa shape index (κ1) is 22.4. The Morgan fingerprint density at radius 3 is 2.59 bits per heavy atom. The normalized spacial score (nSPS) is 14.7. The summed E-state index contributed by atoms with van der Waals surface area (Å²) in [6, 6.07) is 12.9. The maximum absolute atomic E-state index is 13.3. The highest BCUT2D eigenvalue weighted by Gasteiger charge is 2.28. The van der Waals surface area contributed by atoms with Gasteiger partial charge >= 0.3 is 0 Å². The van der Waals surface area contributed by atoms with Gasteiger partial charge in [0.1, 0.15) is 23.5 Å². The fraction of sp³-hybridized carbons (Fsp3) is 0.167. The Labute approximate surface area is 193 Å². The number of anilines is 1. The van der Waals surface area contributed by atoms with Crippen molar-refractivity contribution in [3.63, 3.8) is 0 Å². The number of benzene rings is 2. The highest BCUT2D eigenvalue weighted by atomic mass is 19.1. The summed E-state index contributed by atoms with van der Waals surface area (Å²) < 4.78 is 14.6. The summed E-state index contributed by atoms with van der Waals surface area (Å²) in [7, 11) is 0. The third kappa shape index (κ3) is 4.12. The zero-order valence-electron chi connectivity index (χ0n) is 17.9. The molecule has 0 saturated heterocycles. The molecule has 2 heterocycles. The summed E-state index contributed by atoms with van der Waals surface area (Å²) in [6.45, 7) is 1.49. The number of amides is 2. The highest BCUT2D eigenvalue weighted by molar-refractivity contribution is 6.01. The molecule has 0 spiro atoms. The number of hydrogen-bond acceptors (Lipinski definition) is 6. The van der Waals surface area contributed by atoms with Gasteiger partial charge in [-0.15, -0.1) is 0 Å². The molecule has 2 aromatic carbocycles. The topological polar surface area (TPSA) is 141 Å². The van der Waals surface area contributed by atoms with Crippen molar-refractivity contribution in [2.45, 2.75) is 25.8 Å². The minimum absolute atomic E-state index is 0.187. The Bertz CT molecular complexity index is 1460. The predicted octanol–water partition coefficient (Wildman–Crippen LogP) is 2.11. The second-order valence-electron chi connectivity index (χ2n) is 7.68. The molecule has 2 amide bonds. The molecule has 34 heavy (non-hydrogen) atoms. The maximum Gasteiger partial charge on any atom is 0.276 e. The molecule has 0 fully saturated rings. The molecule has 0 aliphatic carbocycles. The van der Waals surface area contributed by atoms with Crippen LogP contribution in [0.4, 0.5) is 10.1 Å². The molecule has 1 aliphatic rings. The van der Waals surface area contributed by atoms with Crippen molar-refractivity contribution < 1.29 is 14.0 Å². The van der Waals surface area contributed by atoms with Crippen LogP contribution in [0.5, 0.6) is 0 Å². The first-order chi connectivity index (χ1) is 16.3. The second kappa shape index (κ2) is 8.96. The van der Waals surface area contributed by atoms with Crippen LogP contribution < -0.4 is 16.1 Å². The van der Waals surface area contributed by atoms with Gasteiger partial charge in [0, 0.05) is 5.69 Å². The molecule has 0 bridgehead atoms. The molecule has 9 nitrogen and oxygen atoms in total. The molecular formula is C24H17FN6O3. The molecule has 2 N–H and O–H groups in total. The van der Waals surface area contributed by atoms with Crippen LogP contribution in [0.1, 0.15) is 39.3 Å². The molecule has 0 radical (unpaired) electrons. The predicted molar refractivity (Wildman–Crippen MR) is 119 cm³/mol. The number of fused-ring (bicyclic) bond motifs is 1. The monoisotopic (exact) mass is 456 g/mol. The molecular weight excluding hydrogens is 439 g/mol. The van der Waals surface area contributed by atoms with Gasteiger partial charge < -0.3 is 10.6 Å². The maximum atomic E-state index is 13.3. The van der Waals surface area contributed by atoms with E-state index in [1.807, 2.05) is 6.07 Å². The van der Waals surface area contributed by atoms with Crippen LogP contribution in [-0.4, -0.2) is 27.6 Å². The molecule has 1 aliphatic heterocycles. The summed E-state index contributed by atoms with van der Waals surface area (Å²) in [5.41, 5.74) is 0.497. The zero-order valence-corrected chi connectivity index (χ0v) is 17.9. The van der Waals surface area contributed by atoms with Gasteiger partial charge in [0.05, 0.1) is 23.0 Å². The van der Waals surface area contributed by atoms with Crippen LogP contribution in [-0.2, 0) is 11.2 Å². The number of aryl methyl sites for hydroxylation is 1. The Morgan fingerprint density at radius 2 is 1.91 bits per heavy atom. The van der Waals surface area contributed by atoms with E-state index in [0.717, 1.165) is 5.56 Å². The van der Waals surface area contributed by atoms with Crippen LogP contribution in [0.2, 0.25) is 0 Å². The number of halogens is 1. The summed E-state index contributed by atoms with van der Waals surface area (Å²) >= 11 is 0. The van der Waals surface area contributed by atoms with Crippen molar-refractivity contribution >= 4 is 17.5 Å². The molecule has 3 aromatic rings. The number of nitrogens with one attached hydrogen (secondary N) is 2. The van der Waals surface area contributed by atoms with Gasteiger partial charge in [0.15, 0.2) is 5.69 Å². The average molecular weight is 456 g/mol. The van der Waals surface area contributed by atoms with Gasteiger partial charge in [0.25, 0.3) is 5.91 Å². The number of aromatic nitrogens is 2. The van der Waals surface area contributed by atoms with Crippen molar-refractivity contribution in [1.29, 1.82) is 10.5 Å². The Hall–Kier alpha value is -4.83. The lowest BCUT2D eigenvalue weighted by atomic mass is 10.0. The fourth-order valence-corrected chi connectivity index (χ4v) is 3.72. The molecule has 168 valence electrons. The lowest BCUT2D eigenvalue weighted by Crippen LogP contribution is -2.45. The van der Waals surface area contributed by atoms with E-state index in [0.29, 0.717) is 23.4 Å². The summed E-state index contributed by atoms with van der Waals surface area (Å²) in [5, 5.41) is 27.9. The Kier molecular flexibility index (Phi) is 5.90. The average Bonchev–Trinajstić information content (AvgIpc) is 2.98. The van der Waals surface area contributed by atoms with E-state index in [-0.39, 0.29) is 17.7 Å². The minimum atomic E-state index is -0.974. The lowest BCUT2D eigenvalue weighted by Gasteiger charge is -2.16. The van der Waals surface area contributed by atoms with E-state index < -0.39 is 34.8 Å². The summed E-state index contributed by atoms with van der Waals surface area (Å²) in [5.74, 6) is -1.90. The van der Waals surface area contributed by atoms with Gasteiger partial charge in [-0.05, 0) is 61.7 Å². The van der Waals surface area contributed by atoms with Gasteiger partial charge in [-0.25, -0.2) is 9.07 Å². The van der Waals surface area contributed by atoms with Crippen LogP contribution >= 0.6 is 0 Å². The Balaban J connectivity index is 1.66. The van der Waals surface area contributed by atoms with Crippen LogP contribution in [0.3, 0.4) is 0 Å². The number of carbonyl (C=O) groups excluding carboxylic acids is 2. The number of carbonyl (C=O) groups is 2. The second-order valence-corrected chi connectivity index (χ2v) is 7.68. The number of rotatable bonds is 3. The first-order valence-corrected chi connectivity index (χ1v) is 10.3. The van der Waals surface area contributed by atoms with Crippen molar-refractivity contribution in [3.05, 3.63) is 86.6 Å². The number of nitrogens with zero attached hydrogens (tertiary/aromatic N) is 4. The molecule has 1 atom stereocenters. The van der Waals surface area contributed by atoms with E-state index in [9.17, 15) is 24.0 Å². The summed E-state index contributed by atoms with van der Waals surface area (Å²) in [4.78, 5) is 38.5. The molecule has 1 aromatic heterocycles. The Morgan fingerprint density at radius 1 is 1.18 bits per heavy atom. The van der Waals surface area contributed by atoms with E-state index in [4.69, 9.17) is 5.26 Å². The largest absolute Gasteiger partial charge is 0.339 e. The highest BCUT2D eigenvalue weighted by Crippen LogP contribution is 2.23. The smallest absolute Gasteiger partial charge is 0.276 e. The van der Waals surface area contributed by atoms with Crippen LogP contribution in [0.25, 0.3) is 5.69 Å². The van der Waals surface area contributed by atoms with Crippen molar-refractivity contribution in [3.8, 4) is 17.8 Å². The van der Waals surface area contributed by atoms with Crippen molar-refractivity contribution in [2.24, 2.45) is 0 Å². The quantitative estimate of drug-likeness (QED) is 0.618. The number of hydrogen-bond donors (Lipinski definition) is 2. The van der Waals surface area contributed by atoms with E-state index in [1.54, 1.807) is 24.3 Å². The first-order valence-electron chi connectivity index (χ1n) is 10.3. The number of nitriles is 2. The lowest BCUT2D eigenvalue weighted by molar-refractivity contribution is -0.118. The van der Waals surface area contributed by atoms with Gasteiger partial charge in [0.2, 0.25) is 11.3 Å². The fourth-order valence-electron chi connectivity index (χ4n) is 3.72. The minimum Gasteiger partial charge on any atom is -0.339 e. The molecule has 0 saturated carbocycles. The van der Waals surface area contributed by atoms with Gasteiger partial charge in [-0.1, -0.05) is 6.07 Å². The van der Waals surface area contributed by atoms with Gasteiger partial charge in [-0.3, -0.25) is 14.4 Å². The van der Waals surface area contributed by atoms with E-state index in [1.165, 1.54) is 35.9 Å². The third-order valence-electron chi connectivity index (χ3n) is 5.54. The summed E-state index contributed by atoms with van der Waals surface area (Å²) in [6.07, 6.45) is 0.689. The van der Waals surface area contributed by atoms with Crippen LogP contribution in [0, 0.1) is 35.4 Å². The standard InChI is InChI=1S/C24H17FN6O3/c1-13-18(12-27)22(32)21(30-31(13)17-7-5-16(25)6-8-17)24(34)28-19-9-4-15-3-2-14(11-26)10-20(15)29-23(19)33/h2-3,5-8,10,19H,4,9H2,1H3,(H,28,34)(H,29,33). The van der Waals surface area contributed by atoms with Crippen molar-refractivity contribution in [2.75, 3.05) is 5.32 Å². The molecule has 1 unspecified atom stereocenters. The zero-order chi connectivity index (χ0) is 24.4.